The fraction of sp³-hybridized carbons (Fsp3) is 0.345. The summed E-state index contributed by atoms with van der Waals surface area (Å²) in [7, 11) is -1.88. The smallest absolute Gasteiger partial charge is 0.251 e. The number of anilines is 2. The predicted octanol–water partition coefficient (Wildman–Crippen LogP) is 4.64. The molecule has 1 aromatic heterocycles. The van der Waals surface area contributed by atoms with Gasteiger partial charge in [-0.3, -0.25) is 23.5 Å². The summed E-state index contributed by atoms with van der Waals surface area (Å²) < 4.78 is 31.6. The fourth-order valence-electron chi connectivity index (χ4n) is 4.62. The summed E-state index contributed by atoms with van der Waals surface area (Å²) in [5.41, 5.74) is 1.76. The SMILES string of the molecule is Cc1ccc(N(C(=O)C[S@](=O)CC(=O)Nc2ccc(F)cc2)[C@@H](C(=O)NC2CCCCC2)c2ccco2)cc1. The molecule has 0 bridgehead atoms. The third-order valence-corrected chi connectivity index (χ3v) is 7.71. The van der Waals surface area contributed by atoms with Crippen LogP contribution >= 0.6 is 0 Å². The lowest BCUT2D eigenvalue weighted by Gasteiger charge is -2.32. The summed E-state index contributed by atoms with van der Waals surface area (Å²) in [6, 6.07) is 14.4. The van der Waals surface area contributed by atoms with Gasteiger partial charge in [-0.25, -0.2) is 4.39 Å². The lowest BCUT2D eigenvalue weighted by molar-refractivity contribution is -0.127. The topological polar surface area (TPSA) is 109 Å². The molecule has 2 N–H and O–H groups in total. The zero-order valence-electron chi connectivity index (χ0n) is 21.7. The fourth-order valence-corrected chi connectivity index (χ4v) is 5.51. The first kappa shape index (κ1) is 28.2. The predicted molar refractivity (Wildman–Crippen MR) is 148 cm³/mol. The van der Waals surface area contributed by atoms with Gasteiger partial charge in [-0.15, -0.1) is 0 Å². The van der Waals surface area contributed by atoms with E-state index < -0.39 is 46.0 Å². The van der Waals surface area contributed by atoms with Crippen molar-refractivity contribution in [3.05, 3.63) is 84.1 Å². The van der Waals surface area contributed by atoms with E-state index in [1.54, 1.807) is 24.3 Å². The van der Waals surface area contributed by atoms with Gasteiger partial charge in [0.1, 0.15) is 23.1 Å². The molecule has 39 heavy (non-hydrogen) atoms. The van der Waals surface area contributed by atoms with Crippen molar-refractivity contribution in [3.8, 4) is 0 Å². The third kappa shape index (κ3) is 7.86. The molecule has 0 saturated heterocycles. The molecule has 2 atom stereocenters. The van der Waals surface area contributed by atoms with Crippen LogP contribution in [0.1, 0.15) is 49.5 Å². The minimum Gasteiger partial charge on any atom is -0.467 e. The summed E-state index contributed by atoms with van der Waals surface area (Å²) in [4.78, 5) is 41.1. The van der Waals surface area contributed by atoms with E-state index in [-0.39, 0.29) is 17.7 Å². The van der Waals surface area contributed by atoms with E-state index in [2.05, 4.69) is 10.6 Å². The summed E-state index contributed by atoms with van der Waals surface area (Å²) in [5, 5.41) is 5.63. The van der Waals surface area contributed by atoms with Gasteiger partial charge in [-0.1, -0.05) is 37.0 Å². The number of carbonyl (C=O) groups excluding carboxylic acids is 3. The van der Waals surface area contributed by atoms with Crippen LogP contribution in [0.4, 0.5) is 15.8 Å². The van der Waals surface area contributed by atoms with E-state index in [0.29, 0.717) is 11.4 Å². The molecule has 1 aliphatic carbocycles. The molecule has 0 unspecified atom stereocenters. The van der Waals surface area contributed by atoms with E-state index in [4.69, 9.17) is 4.42 Å². The van der Waals surface area contributed by atoms with Gasteiger partial charge in [-0.05, 0) is 68.3 Å². The van der Waals surface area contributed by atoms with E-state index in [1.807, 2.05) is 19.1 Å². The molecule has 10 heteroatoms. The monoisotopic (exact) mass is 553 g/mol. The van der Waals surface area contributed by atoms with Crippen LogP contribution in [0.25, 0.3) is 0 Å². The highest BCUT2D eigenvalue weighted by Crippen LogP contribution is 2.30. The second kappa shape index (κ2) is 13.3. The minimum absolute atomic E-state index is 0.00275. The standard InChI is InChI=1S/C29H32FN3O5S/c1-20-9-15-24(16-10-20)33(27(35)19-39(37)18-26(34)31-23-13-11-21(30)12-14-23)28(25-8-5-17-38-25)29(36)32-22-6-3-2-4-7-22/h5,8-17,22,28H,2-4,6-7,18-19H2,1H3,(H,31,34)(H,32,36)/t28-,39-/m1/s1. The van der Waals surface area contributed by atoms with Gasteiger partial charge in [0.05, 0.1) is 6.26 Å². The molecule has 0 aliphatic heterocycles. The van der Waals surface area contributed by atoms with Crippen LogP contribution in [0.15, 0.2) is 71.3 Å². The molecule has 1 saturated carbocycles. The number of amides is 3. The molecule has 2 aromatic carbocycles. The highest BCUT2D eigenvalue weighted by molar-refractivity contribution is 7.86. The zero-order chi connectivity index (χ0) is 27.8. The maximum Gasteiger partial charge on any atom is 0.251 e. The maximum atomic E-state index is 13.7. The van der Waals surface area contributed by atoms with Gasteiger partial charge in [0.25, 0.3) is 5.91 Å². The molecule has 3 amide bonds. The molecule has 206 valence electrons. The van der Waals surface area contributed by atoms with Crippen molar-refractivity contribution >= 4 is 39.9 Å². The van der Waals surface area contributed by atoms with Crippen molar-refractivity contribution in [3.63, 3.8) is 0 Å². The molecule has 4 rings (SSSR count). The van der Waals surface area contributed by atoms with Crippen molar-refractivity contribution in [1.29, 1.82) is 0 Å². The number of rotatable bonds is 10. The van der Waals surface area contributed by atoms with E-state index in [0.717, 1.165) is 37.7 Å². The number of furan rings is 1. The minimum atomic E-state index is -1.88. The Bertz CT molecular complexity index is 1290. The second-order valence-electron chi connectivity index (χ2n) is 9.64. The summed E-state index contributed by atoms with van der Waals surface area (Å²) in [6.07, 6.45) is 6.34. The highest BCUT2D eigenvalue weighted by Gasteiger charge is 2.36. The maximum absolute atomic E-state index is 13.7. The van der Waals surface area contributed by atoms with Gasteiger partial charge in [-0.2, -0.15) is 0 Å². The van der Waals surface area contributed by atoms with Gasteiger partial charge < -0.3 is 15.1 Å². The molecule has 0 radical (unpaired) electrons. The van der Waals surface area contributed by atoms with Gasteiger partial charge in [0.15, 0.2) is 6.04 Å². The number of carbonyl (C=O) groups is 3. The van der Waals surface area contributed by atoms with E-state index in [9.17, 15) is 23.0 Å². The van der Waals surface area contributed by atoms with Crippen molar-refractivity contribution < 1.29 is 27.4 Å². The molecule has 1 fully saturated rings. The van der Waals surface area contributed by atoms with Crippen LogP contribution < -0.4 is 15.5 Å². The Morgan fingerprint density at radius 1 is 1.00 bits per heavy atom. The normalized spacial score (nSPS) is 15.2. The molecular weight excluding hydrogens is 521 g/mol. The number of nitrogens with one attached hydrogen (secondary N) is 2. The third-order valence-electron chi connectivity index (χ3n) is 6.56. The lowest BCUT2D eigenvalue weighted by Crippen LogP contribution is -2.48. The van der Waals surface area contributed by atoms with Crippen LogP contribution in [0, 0.1) is 12.7 Å². The molecule has 3 aromatic rings. The number of hydrogen-bond acceptors (Lipinski definition) is 5. The molecular formula is C29H32FN3O5S. The Balaban J connectivity index is 1.54. The largest absolute Gasteiger partial charge is 0.467 e. The Morgan fingerprint density at radius 3 is 2.33 bits per heavy atom. The van der Waals surface area contributed by atoms with Crippen LogP contribution in [0.2, 0.25) is 0 Å². The number of hydrogen-bond donors (Lipinski definition) is 2. The second-order valence-corrected chi connectivity index (χ2v) is 11.1. The average Bonchev–Trinajstić information content (AvgIpc) is 3.44. The lowest BCUT2D eigenvalue weighted by atomic mass is 9.95. The van der Waals surface area contributed by atoms with Crippen LogP contribution in [0.5, 0.6) is 0 Å². The Labute approximate surface area is 229 Å². The Kier molecular flexibility index (Phi) is 9.64. The average molecular weight is 554 g/mol. The molecule has 8 nitrogen and oxygen atoms in total. The first-order valence-corrected chi connectivity index (χ1v) is 14.4. The van der Waals surface area contributed by atoms with Gasteiger partial charge in [0, 0.05) is 28.2 Å². The Hall–Kier alpha value is -3.79. The first-order chi connectivity index (χ1) is 18.8. The first-order valence-electron chi connectivity index (χ1n) is 12.9. The molecule has 0 spiro atoms. The molecule has 1 aliphatic rings. The summed E-state index contributed by atoms with van der Waals surface area (Å²) in [6.45, 7) is 1.91. The highest BCUT2D eigenvalue weighted by atomic mass is 32.2. The molecule has 1 heterocycles. The van der Waals surface area contributed by atoms with Crippen LogP contribution in [0.3, 0.4) is 0 Å². The number of benzene rings is 2. The van der Waals surface area contributed by atoms with Crippen molar-refractivity contribution in [2.45, 2.75) is 51.1 Å². The van der Waals surface area contributed by atoms with E-state index in [1.165, 1.54) is 35.4 Å². The van der Waals surface area contributed by atoms with Gasteiger partial charge in [0.2, 0.25) is 11.8 Å². The van der Waals surface area contributed by atoms with Crippen LogP contribution in [-0.4, -0.2) is 39.5 Å². The van der Waals surface area contributed by atoms with Crippen LogP contribution in [-0.2, 0) is 25.2 Å². The van der Waals surface area contributed by atoms with Crippen molar-refractivity contribution in [2.75, 3.05) is 21.7 Å². The van der Waals surface area contributed by atoms with Gasteiger partial charge >= 0.3 is 0 Å². The number of halogens is 1. The number of aryl methyl sites for hydroxylation is 1. The van der Waals surface area contributed by atoms with Crippen molar-refractivity contribution in [2.24, 2.45) is 0 Å². The summed E-state index contributed by atoms with van der Waals surface area (Å²) >= 11 is 0. The zero-order valence-corrected chi connectivity index (χ0v) is 22.5. The number of nitrogens with zero attached hydrogens (tertiary/aromatic N) is 1. The van der Waals surface area contributed by atoms with E-state index >= 15 is 0 Å². The van der Waals surface area contributed by atoms with Crippen molar-refractivity contribution in [1.82, 2.24) is 5.32 Å². The Morgan fingerprint density at radius 2 is 1.69 bits per heavy atom. The quantitative estimate of drug-likeness (QED) is 0.380. The summed E-state index contributed by atoms with van der Waals surface area (Å²) in [5.74, 6) is -2.65.